The third-order valence-corrected chi connectivity index (χ3v) is 10.9. The van der Waals surface area contributed by atoms with Crippen molar-refractivity contribution < 1.29 is 62.4 Å². The molecule has 292 valence electrons. The lowest BCUT2D eigenvalue weighted by atomic mass is 9.76. The summed E-state index contributed by atoms with van der Waals surface area (Å²) in [5.74, 6) is -0.0856. The Kier molecular flexibility index (Phi) is 12.3. The topological polar surface area (TPSA) is 158 Å². The summed E-state index contributed by atoms with van der Waals surface area (Å²) in [6, 6.07) is 14.8. The van der Waals surface area contributed by atoms with E-state index in [-0.39, 0.29) is 49.5 Å². The molecule has 2 N–H and O–H groups in total. The predicted molar refractivity (Wildman–Crippen MR) is 188 cm³/mol. The molecule has 0 saturated carbocycles. The van der Waals surface area contributed by atoms with Gasteiger partial charge in [0.2, 0.25) is 0 Å². The molecule has 4 unspecified atom stereocenters. The summed E-state index contributed by atoms with van der Waals surface area (Å²) in [5, 5.41) is 23.4. The van der Waals surface area contributed by atoms with Crippen LogP contribution in [0.25, 0.3) is 0 Å². The van der Waals surface area contributed by atoms with Crippen LogP contribution in [0.5, 0.6) is 0 Å². The maximum Gasteiger partial charge on any atom is 0.508 e. The van der Waals surface area contributed by atoms with Crippen molar-refractivity contribution in [2.24, 2.45) is 11.8 Å². The minimum Gasteiger partial charge on any atom is -0.434 e. The molecule has 4 aliphatic heterocycles. The second-order valence-electron chi connectivity index (χ2n) is 15.3. The van der Waals surface area contributed by atoms with E-state index in [0.717, 1.165) is 12.8 Å². The number of aliphatic hydroxyl groups excluding tert-OH is 2. The van der Waals surface area contributed by atoms with E-state index < -0.39 is 48.3 Å². The van der Waals surface area contributed by atoms with Crippen molar-refractivity contribution >= 4 is 12.3 Å². The molecule has 13 nitrogen and oxygen atoms in total. The Bertz CT molecular complexity index is 1450. The molecule has 0 amide bonds. The third-order valence-electron chi connectivity index (χ3n) is 10.9. The lowest BCUT2D eigenvalue weighted by Crippen LogP contribution is -2.35. The highest BCUT2D eigenvalue weighted by Crippen LogP contribution is 2.54. The zero-order valence-electron chi connectivity index (χ0n) is 31.4. The maximum atomic E-state index is 12.0. The van der Waals surface area contributed by atoms with Crippen molar-refractivity contribution in [3.05, 3.63) is 70.8 Å². The summed E-state index contributed by atoms with van der Waals surface area (Å²) < 4.78 is 51.6. The maximum absolute atomic E-state index is 12.0. The number of carbonyl (C=O) groups excluding carboxylic acids is 2. The first-order valence-electron chi connectivity index (χ1n) is 18.6. The molecule has 10 atom stereocenters. The van der Waals surface area contributed by atoms with Crippen LogP contribution in [0, 0.1) is 11.8 Å². The molecule has 13 heteroatoms. The number of benzene rings is 2. The normalized spacial score (nSPS) is 29.6. The summed E-state index contributed by atoms with van der Waals surface area (Å²) in [6.07, 6.45) is -1.77. The van der Waals surface area contributed by atoms with Gasteiger partial charge in [0, 0.05) is 37.2 Å². The summed E-state index contributed by atoms with van der Waals surface area (Å²) in [6.45, 7) is 7.39. The molecular formula is C40H54O13. The minimum absolute atomic E-state index is 0.0428. The van der Waals surface area contributed by atoms with Crippen molar-refractivity contribution in [3.8, 4) is 0 Å². The molecule has 0 aromatic heterocycles. The number of methoxy groups -OCH3 is 2. The van der Waals surface area contributed by atoms with Crippen LogP contribution in [0.1, 0.15) is 113 Å². The molecule has 4 heterocycles. The lowest BCUT2D eigenvalue weighted by Gasteiger charge is -2.33. The molecule has 0 radical (unpaired) electrons. The molecule has 4 aliphatic rings. The van der Waals surface area contributed by atoms with Crippen molar-refractivity contribution in [2.75, 3.05) is 27.4 Å². The Hall–Kier alpha value is -3.30. The van der Waals surface area contributed by atoms with Crippen molar-refractivity contribution in [3.63, 3.8) is 0 Å². The van der Waals surface area contributed by atoms with E-state index in [9.17, 15) is 19.8 Å². The Labute approximate surface area is 311 Å². The van der Waals surface area contributed by atoms with Gasteiger partial charge < -0.3 is 52.8 Å². The van der Waals surface area contributed by atoms with Crippen LogP contribution < -0.4 is 0 Å². The number of aliphatic hydroxyl groups is 2. The predicted octanol–water partition coefficient (Wildman–Crippen LogP) is 6.76. The molecule has 2 aromatic rings. The average Bonchev–Trinajstić information content (AvgIpc) is 3.94. The van der Waals surface area contributed by atoms with E-state index in [1.807, 2.05) is 48.5 Å². The third kappa shape index (κ3) is 8.67. The van der Waals surface area contributed by atoms with Gasteiger partial charge in [0.05, 0.1) is 35.6 Å². The zero-order chi connectivity index (χ0) is 37.9. The lowest BCUT2D eigenvalue weighted by molar-refractivity contribution is -0.237. The van der Waals surface area contributed by atoms with Crippen LogP contribution in [0.2, 0.25) is 0 Å². The number of ether oxygens (including phenoxy) is 9. The second kappa shape index (κ2) is 16.6. The fraction of sp³-hybridized carbons (Fsp3) is 0.650. The highest BCUT2D eigenvalue weighted by Gasteiger charge is 2.57. The number of fused-ring (bicyclic) bond motifs is 4. The van der Waals surface area contributed by atoms with Gasteiger partial charge in [-0.05, 0) is 89.5 Å². The van der Waals surface area contributed by atoms with Crippen LogP contribution in [0.4, 0.5) is 9.59 Å². The summed E-state index contributed by atoms with van der Waals surface area (Å²) in [4.78, 5) is 23.9. The highest BCUT2D eigenvalue weighted by molar-refractivity contribution is 5.60. The first kappa shape index (κ1) is 39.4. The minimum atomic E-state index is -0.929. The molecule has 4 saturated heterocycles. The number of hydrogen-bond donors (Lipinski definition) is 2. The molecule has 2 aromatic carbocycles. The SMILES string of the molecule is CO[C@H](O[C@@H](OC)c1cccc(C(O)C23CC[C@@H](O2)[C@H](COC(=O)OC(C)C)C3)c1)c1cccc(C(O)C23CC[C@H](O2)[C@@H](COC(=O)OC(C)C)C3)c1. The Balaban J connectivity index is 1.10. The molecule has 53 heavy (non-hydrogen) atoms. The summed E-state index contributed by atoms with van der Waals surface area (Å²) >= 11 is 0. The standard InChI is InChI=1S/C40H54O13/c1-23(2)49-37(43)47-21-29-19-39(15-13-31(29)52-39)33(41)25-9-7-11-27(17-25)35(45-5)51-36(46-6)28-12-8-10-26(18-28)34(42)40-16-14-32(53-40)30(20-40)22-48-38(44)50-24(3)4/h7-12,17-18,23-24,29-36,41-42H,13-16,19-22H2,1-6H3/t29-,30+,31+,32-,33?,34?,35-,36-,39?,40?/m1/s1. The molecule has 0 aliphatic carbocycles. The van der Waals surface area contributed by atoms with Gasteiger partial charge in [-0.2, -0.15) is 0 Å². The number of rotatable bonds is 16. The molecule has 0 spiro atoms. The van der Waals surface area contributed by atoms with Gasteiger partial charge >= 0.3 is 12.3 Å². The first-order valence-corrected chi connectivity index (χ1v) is 18.6. The smallest absolute Gasteiger partial charge is 0.434 e. The molecule has 4 fully saturated rings. The van der Waals surface area contributed by atoms with Gasteiger partial charge in [0.15, 0.2) is 12.6 Å². The fourth-order valence-corrected chi connectivity index (χ4v) is 8.50. The quantitative estimate of drug-likeness (QED) is 0.137. The van der Waals surface area contributed by atoms with Gasteiger partial charge in [-0.15, -0.1) is 0 Å². The van der Waals surface area contributed by atoms with Gasteiger partial charge in [-0.3, -0.25) is 0 Å². The van der Waals surface area contributed by atoms with Crippen LogP contribution in [0.15, 0.2) is 48.5 Å². The Morgan fingerprint density at radius 3 is 1.47 bits per heavy atom. The van der Waals surface area contributed by atoms with Gasteiger partial charge in [-0.1, -0.05) is 36.4 Å². The molecule has 4 bridgehead atoms. The van der Waals surface area contributed by atoms with E-state index in [1.165, 1.54) is 14.2 Å². The molecular weight excluding hydrogens is 688 g/mol. The highest BCUT2D eigenvalue weighted by atomic mass is 16.8. The van der Waals surface area contributed by atoms with E-state index in [4.69, 9.17) is 42.6 Å². The van der Waals surface area contributed by atoms with E-state index in [1.54, 1.807) is 27.7 Å². The average molecular weight is 743 g/mol. The monoisotopic (exact) mass is 742 g/mol. The summed E-state index contributed by atoms with van der Waals surface area (Å²) in [5.41, 5.74) is 1.05. The van der Waals surface area contributed by atoms with E-state index in [2.05, 4.69) is 0 Å². The van der Waals surface area contributed by atoms with E-state index >= 15 is 0 Å². The first-order chi connectivity index (χ1) is 25.3. The van der Waals surface area contributed by atoms with Crippen LogP contribution in [0.3, 0.4) is 0 Å². The van der Waals surface area contributed by atoms with Crippen molar-refractivity contribution in [1.29, 1.82) is 0 Å². The number of hydrogen-bond acceptors (Lipinski definition) is 13. The second-order valence-corrected chi connectivity index (χ2v) is 15.3. The van der Waals surface area contributed by atoms with E-state index in [0.29, 0.717) is 47.9 Å². The fourth-order valence-electron chi connectivity index (χ4n) is 8.50. The van der Waals surface area contributed by atoms with Gasteiger partial charge in [-0.25, -0.2) is 9.59 Å². The largest absolute Gasteiger partial charge is 0.508 e. The summed E-state index contributed by atoms with van der Waals surface area (Å²) in [7, 11) is 3.07. The van der Waals surface area contributed by atoms with Crippen LogP contribution in [-0.2, 0) is 42.6 Å². The van der Waals surface area contributed by atoms with Crippen molar-refractivity contribution in [2.45, 2.75) is 127 Å². The van der Waals surface area contributed by atoms with Gasteiger partial charge in [0.25, 0.3) is 0 Å². The van der Waals surface area contributed by atoms with Crippen LogP contribution >= 0.6 is 0 Å². The number of carbonyl (C=O) groups is 2. The Morgan fingerprint density at radius 2 is 1.09 bits per heavy atom. The zero-order valence-corrected chi connectivity index (χ0v) is 31.4. The van der Waals surface area contributed by atoms with Gasteiger partial charge in [0.1, 0.15) is 25.4 Å². The Morgan fingerprint density at radius 1 is 0.698 bits per heavy atom. The van der Waals surface area contributed by atoms with Crippen molar-refractivity contribution in [1.82, 2.24) is 0 Å². The van der Waals surface area contributed by atoms with Crippen LogP contribution in [-0.4, -0.2) is 85.6 Å². The molecule has 6 rings (SSSR count).